The van der Waals surface area contributed by atoms with E-state index in [0.29, 0.717) is 24.3 Å². The molecule has 6 heteroatoms. The monoisotopic (exact) mass is 371 g/mol. The summed E-state index contributed by atoms with van der Waals surface area (Å²) in [7, 11) is 1.56. The van der Waals surface area contributed by atoms with Gasteiger partial charge in [-0.15, -0.1) is 0 Å². The number of methoxy groups -OCH3 is 1. The van der Waals surface area contributed by atoms with Crippen molar-refractivity contribution in [2.75, 3.05) is 19.0 Å². The summed E-state index contributed by atoms with van der Waals surface area (Å²) in [5.41, 5.74) is 0.529. The van der Waals surface area contributed by atoms with Crippen molar-refractivity contribution < 1.29 is 23.5 Å². The lowest BCUT2D eigenvalue weighted by molar-refractivity contribution is -0.153. The van der Waals surface area contributed by atoms with Crippen molar-refractivity contribution in [1.29, 1.82) is 0 Å². The summed E-state index contributed by atoms with van der Waals surface area (Å²) < 4.78 is 23.6. The van der Waals surface area contributed by atoms with Crippen molar-refractivity contribution in [2.24, 2.45) is 0 Å². The quantitative estimate of drug-likeness (QED) is 0.784. The van der Waals surface area contributed by atoms with Gasteiger partial charge in [0.05, 0.1) is 12.5 Å². The van der Waals surface area contributed by atoms with Crippen LogP contribution in [0.5, 0.6) is 5.75 Å². The van der Waals surface area contributed by atoms with Crippen LogP contribution in [0.2, 0.25) is 0 Å². The Hall–Kier alpha value is -2.89. The van der Waals surface area contributed by atoms with E-state index in [4.69, 9.17) is 9.47 Å². The minimum Gasteiger partial charge on any atom is -0.497 e. The largest absolute Gasteiger partial charge is 0.497 e. The molecule has 1 N–H and O–H groups in total. The molecule has 0 spiro atoms. The van der Waals surface area contributed by atoms with Gasteiger partial charge in [-0.25, -0.2) is 4.39 Å². The molecule has 0 unspecified atom stereocenters. The minimum atomic E-state index is -0.798. The summed E-state index contributed by atoms with van der Waals surface area (Å²) in [6, 6.07) is 12.8. The maximum Gasteiger partial charge on any atom is 0.317 e. The van der Waals surface area contributed by atoms with E-state index >= 15 is 0 Å². The summed E-state index contributed by atoms with van der Waals surface area (Å²) in [6.45, 7) is -0.367. The first kappa shape index (κ1) is 18.9. The van der Waals surface area contributed by atoms with E-state index in [0.717, 1.165) is 18.4 Å². The van der Waals surface area contributed by atoms with Crippen LogP contribution in [0.25, 0.3) is 0 Å². The molecule has 0 radical (unpaired) electrons. The van der Waals surface area contributed by atoms with Gasteiger partial charge in [-0.1, -0.05) is 25.0 Å². The number of carbonyl (C=O) groups is 2. The highest BCUT2D eigenvalue weighted by Crippen LogP contribution is 2.42. The highest BCUT2D eigenvalue weighted by molar-refractivity contribution is 5.94. The third kappa shape index (κ3) is 4.27. The van der Waals surface area contributed by atoms with Gasteiger partial charge in [0, 0.05) is 5.69 Å². The molecule has 1 fully saturated rings. The van der Waals surface area contributed by atoms with Gasteiger partial charge in [-0.2, -0.15) is 0 Å². The number of halogens is 1. The SMILES string of the molecule is COc1ccc(NC(=O)COC(=O)C2(c3ccc(F)cc3)CCCC2)cc1. The Morgan fingerprint density at radius 2 is 1.67 bits per heavy atom. The zero-order valence-corrected chi connectivity index (χ0v) is 15.2. The highest BCUT2D eigenvalue weighted by Gasteiger charge is 2.44. The summed E-state index contributed by atoms with van der Waals surface area (Å²) in [4.78, 5) is 24.9. The predicted octanol–water partition coefficient (Wildman–Crippen LogP) is 3.83. The van der Waals surface area contributed by atoms with Crippen molar-refractivity contribution in [3.05, 3.63) is 59.9 Å². The molecule has 1 aliphatic carbocycles. The van der Waals surface area contributed by atoms with Gasteiger partial charge in [0.1, 0.15) is 11.6 Å². The first-order valence-electron chi connectivity index (χ1n) is 8.91. The van der Waals surface area contributed by atoms with Gasteiger partial charge in [0.25, 0.3) is 5.91 Å². The summed E-state index contributed by atoms with van der Waals surface area (Å²) in [6.07, 6.45) is 3.06. The Kier molecular flexibility index (Phi) is 5.74. The van der Waals surface area contributed by atoms with Gasteiger partial charge in [-0.05, 0) is 54.8 Å². The number of carbonyl (C=O) groups excluding carboxylic acids is 2. The highest BCUT2D eigenvalue weighted by atomic mass is 19.1. The molecular weight excluding hydrogens is 349 g/mol. The van der Waals surface area contributed by atoms with Gasteiger partial charge < -0.3 is 14.8 Å². The van der Waals surface area contributed by atoms with Crippen molar-refractivity contribution in [2.45, 2.75) is 31.1 Å². The molecule has 0 atom stereocenters. The number of esters is 1. The number of amides is 1. The number of nitrogens with one attached hydrogen (secondary N) is 1. The first-order valence-corrected chi connectivity index (χ1v) is 8.91. The van der Waals surface area contributed by atoms with Crippen molar-refractivity contribution in [3.63, 3.8) is 0 Å². The van der Waals surface area contributed by atoms with Crippen molar-refractivity contribution >= 4 is 17.6 Å². The third-order valence-corrected chi connectivity index (χ3v) is 4.95. The number of benzene rings is 2. The van der Waals surface area contributed by atoms with Gasteiger partial charge in [0.2, 0.25) is 0 Å². The predicted molar refractivity (Wildman–Crippen MR) is 99.1 cm³/mol. The fourth-order valence-corrected chi connectivity index (χ4v) is 3.50. The smallest absolute Gasteiger partial charge is 0.317 e. The molecule has 1 amide bonds. The molecule has 0 bridgehead atoms. The number of hydrogen-bond acceptors (Lipinski definition) is 4. The molecule has 0 saturated heterocycles. The van der Waals surface area contributed by atoms with E-state index in [2.05, 4.69) is 5.32 Å². The minimum absolute atomic E-state index is 0.348. The molecule has 142 valence electrons. The van der Waals surface area contributed by atoms with Gasteiger partial charge >= 0.3 is 5.97 Å². The Balaban J connectivity index is 1.62. The summed E-state index contributed by atoms with van der Waals surface area (Å²) >= 11 is 0. The molecule has 2 aromatic rings. The fraction of sp³-hybridized carbons (Fsp3) is 0.333. The lowest BCUT2D eigenvalue weighted by atomic mass is 9.79. The zero-order chi connectivity index (χ0) is 19.3. The van der Waals surface area contributed by atoms with Crippen LogP contribution in [0.15, 0.2) is 48.5 Å². The van der Waals surface area contributed by atoms with E-state index in [-0.39, 0.29) is 12.4 Å². The first-order chi connectivity index (χ1) is 13.0. The molecule has 0 heterocycles. The molecule has 27 heavy (non-hydrogen) atoms. The summed E-state index contributed by atoms with van der Waals surface area (Å²) in [5.74, 6) is -0.515. The second-order valence-corrected chi connectivity index (χ2v) is 6.65. The molecule has 5 nitrogen and oxygen atoms in total. The maximum atomic E-state index is 13.2. The Morgan fingerprint density at radius 3 is 2.26 bits per heavy atom. The van der Waals surface area contributed by atoms with Crippen molar-refractivity contribution in [3.8, 4) is 5.75 Å². The van der Waals surface area contributed by atoms with Gasteiger partial charge in [-0.3, -0.25) is 9.59 Å². The fourth-order valence-electron chi connectivity index (χ4n) is 3.50. The van der Waals surface area contributed by atoms with E-state index < -0.39 is 17.3 Å². The lowest BCUT2D eigenvalue weighted by Gasteiger charge is -2.27. The molecule has 0 aliphatic heterocycles. The second-order valence-electron chi connectivity index (χ2n) is 6.65. The molecule has 3 rings (SSSR count). The van der Waals surface area contributed by atoms with Crippen LogP contribution in [0.3, 0.4) is 0 Å². The van der Waals surface area contributed by atoms with Crippen LogP contribution in [0, 0.1) is 5.82 Å². The van der Waals surface area contributed by atoms with Crippen molar-refractivity contribution in [1.82, 2.24) is 0 Å². The standard InChI is InChI=1S/C21H22FNO4/c1-26-18-10-8-17(9-11-18)23-19(24)14-27-20(25)21(12-2-3-13-21)15-4-6-16(22)7-5-15/h4-11H,2-3,12-14H2,1H3,(H,23,24). The lowest BCUT2D eigenvalue weighted by Crippen LogP contribution is -2.36. The maximum absolute atomic E-state index is 13.2. The zero-order valence-electron chi connectivity index (χ0n) is 15.2. The second kappa shape index (κ2) is 8.20. The van der Waals surface area contributed by atoms with Crippen LogP contribution in [-0.2, 0) is 19.7 Å². The Labute approximate surface area is 157 Å². The van der Waals surface area contributed by atoms with E-state index in [9.17, 15) is 14.0 Å². The summed E-state index contributed by atoms with van der Waals surface area (Å²) in [5, 5.41) is 2.68. The number of rotatable bonds is 6. The van der Waals surface area contributed by atoms with Gasteiger partial charge in [0.15, 0.2) is 6.61 Å². The third-order valence-electron chi connectivity index (χ3n) is 4.95. The van der Waals surface area contributed by atoms with E-state index in [1.807, 2.05) is 0 Å². The average molecular weight is 371 g/mol. The Bertz CT molecular complexity index is 796. The van der Waals surface area contributed by atoms with Crippen LogP contribution < -0.4 is 10.1 Å². The molecule has 2 aromatic carbocycles. The van der Waals surface area contributed by atoms with Crippen LogP contribution in [0.1, 0.15) is 31.2 Å². The van der Waals surface area contributed by atoms with Crippen LogP contribution in [-0.4, -0.2) is 25.6 Å². The number of hydrogen-bond donors (Lipinski definition) is 1. The van der Waals surface area contributed by atoms with E-state index in [1.54, 1.807) is 43.5 Å². The number of anilines is 1. The Morgan fingerprint density at radius 1 is 1.04 bits per heavy atom. The van der Waals surface area contributed by atoms with Crippen LogP contribution >= 0.6 is 0 Å². The number of ether oxygens (including phenoxy) is 2. The molecule has 1 aliphatic rings. The van der Waals surface area contributed by atoms with Crippen LogP contribution in [0.4, 0.5) is 10.1 Å². The molecule has 1 saturated carbocycles. The topological polar surface area (TPSA) is 64.6 Å². The normalized spacial score (nSPS) is 15.2. The van der Waals surface area contributed by atoms with E-state index in [1.165, 1.54) is 12.1 Å². The average Bonchev–Trinajstić information content (AvgIpc) is 3.18. The molecular formula is C21H22FNO4. The molecule has 0 aromatic heterocycles.